The van der Waals surface area contributed by atoms with Crippen molar-refractivity contribution >= 4 is 11.5 Å². The highest BCUT2D eigenvalue weighted by atomic mass is 16.6. The fraction of sp³-hybridized carbons (Fsp3) is 0.500. The van der Waals surface area contributed by atoms with Crippen molar-refractivity contribution in [3.63, 3.8) is 0 Å². The highest BCUT2D eigenvalue weighted by Gasteiger charge is 2.25. The molecule has 1 heterocycles. The minimum Gasteiger partial charge on any atom is -0.489 e. The standard InChI is InChI=1S/C16H20N2O3/c1-3-10(4-2)16(19)12-5-6-14(13(7-17)15(12)18)21-9-11-8-20-11/h5-6,10-11H,3-4,8-9,18H2,1-2H3. The molecular formula is C16H20N2O3. The Balaban J connectivity index is 2.27. The van der Waals surface area contributed by atoms with E-state index in [9.17, 15) is 10.1 Å². The summed E-state index contributed by atoms with van der Waals surface area (Å²) < 4.78 is 10.6. The van der Waals surface area contributed by atoms with Crippen molar-refractivity contribution in [3.8, 4) is 11.8 Å². The highest BCUT2D eigenvalue weighted by Crippen LogP contribution is 2.30. The zero-order valence-electron chi connectivity index (χ0n) is 12.4. The number of carbonyl (C=O) groups is 1. The quantitative estimate of drug-likeness (QED) is 0.473. The molecule has 1 aliphatic heterocycles. The Morgan fingerprint density at radius 2 is 2.19 bits per heavy atom. The maximum absolute atomic E-state index is 12.4. The Morgan fingerprint density at radius 1 is 1.52 bits per heavy atom. The van der Waals surface area contributed by atoms with Crippen LogP contribution in [0.25, 0.3) is 0 Å². The summed E-state index contributed by atoms with van der Waals surface area (Å²) in [7, 11) is 0. The van der Waals surface area contributed by atoms with E-state index in [1.165, 1.54) is 0 Å². The SMILES string of the molecule is CCC(CC)C(=O)c1ccc(OCC2CO2)c(C#N)c1N. The zero-order chi connectivity index (χ0) is 15.4. The Labute approximate surface area is 124 Å². The molecule has 1 unspecified atom stereocenters. The van der Waals surface area contributed by atoms with E-state index in [1.54, 1.807) is 12.1 Å². The van der Waals surface area contributed by atoms with Crippen LogP contribution in [0.5, 0.6) is 5.75 Å². The molecule has 1 atom stereocenters. The third-order valence-electron chi connectivity index (χ3n) is 3.77. The molecule has 1 saturated heterocycles. The summed E-state index contributed by atoms with van der Waals surface area (Å²) in [5, 5.41) is 9.29. The molecule has 1 fully saturated rings. The molecule has 2 N–H and O–H groups in total. The minimum atomic E-state index is -0.0644. The third-order valence-corrected chi connectivity index (χ3v) is 3.77. The van der Waals surface area contributed by atoms with Crippen LogP contribution in [0.3, 0.4) is 0 Å². The third kappa shape index (κ3) is 3.34. The van der Waals surface area contributed by atoms with E-state index >= 15 is 0 Å². The zero-order valence-corrected chi connectivity index (χ0v) is 12.4. The van der Waals surface area contributed by atoms with Gasteiger partial charge in [-0.25, -0.2) is 0 Å². The van der Waals surface area contributed by atoms with E-state index in [-0.39, 0.29) is 29.1 Å². The predicted molar refractivity (Wildman–Crippen MR) is 79.2 cm³/mol. The summed E-state index contributed by atoms with van der Waals surface area (Å²) in [6.07, 6.45) is 1.62. The number of rotatable bonds is 7. The smallest absolute Gasteiger partial charge is 0.168 e. The molecule has 0 bridgehead atoms. The van der Waals surface area contributed by atoms with Crippen LogP contribution < -0.4 is 10.5 Å². The van der Waals surface area contributed by atoms with Crippen LogP contribution in [0.15, 0.2) is 12.1 Å². The average molecular weight is 288 g/mol. The topological polar surface area (TPSA) is 88.6 Å². The number of hydrogen-bond donors (Lipinski definition) is 1. The van der Waals surface area contributed by atoms with Crippen molar-refractivity contribution in [3.05, 3.63) is 23.3 Å². The van der Waals surface area contributed by atoms with Crippen LogP contribution in [0.2, 0.25) is 0 Å². The van der Waals surface area contributed by atoms with Gasteiger partial charge in [-0.3, -0.25) is 4.79 Å². The average Bonchev–Trinajstić information content (AvgIpc) is 3.30. The Kier molecular flexibility index (Phi) is 4.81. The first-order valence-corrected chi connectivity index (χ1v) is 7.23. The monoisotopic (exact) mass is 288 g/mol. The minimum absolute atomic E-state index is 0.00826. The molecule has 21 heavy (non-hydrogen) atoms. The van der Waals surface area contributed by atoms with Crippen molar-refractivity contribution < 1.29 is 14.3 Å². The number of nitrogens with two attached hydrogens (primary N) is 1. The van der Waals surface area contributed by atoms with E-state index in [4.69, 9.17) is 15.2 Å². The second kappa shape index (κ2) is 6.59. The fourth-order valence-corrected chi connectivity index (χ4v) is 2.28. The number of anilines is 1. The molecule has 0 spiro atoms. The van der Waals surface area contributed by atoms with Gasteiger partial charge in [-0.15, -0.1) is 0 Å². The molecule has 0 aromatic heterocycles. The molecule has 0 saturated carbocycles. The number of epoxide rings is 1. The highest BCUT2D eigenvalue weighted by molar-refractivity contribution is 6.03. The number of ether oxygens (including phenoxy) is 2. The summed E-state index contributed by atoms with van der Waals surface area (Å²) in [6.45, 7) is 5.03. The number of ketones is 1. The fourth-order valence-electron chi connectivity index (χ4n) is 2.28. The number of nitriles is 1. The maximum atomic E-state index is 12.4. The molecule has 1 aromatic rings. The van der Waals surface area contributed by atoms with Crippen LogP contribution in [0.1, 0.15) is 42.6 Å². The van der Waals surface area contributed by atoms with Crippen molar-refractivity contribution in [2.45, 2.75) is 32.8 Å². The Bertz CT molecular complexity index is 570. The van der Waals surface area contributed by atoms with E-state index in [0.29, 0.717) is 24.5 Å². The number of hydrogen-bond acceptors (Lipinski definition) is 5. The lowest BCUT2D eigenvalue weighted by atomic mass is 9.91. The molecule has 0 radical (unpaired) electrons. The molecule has 0 aliphatic carbocycles. The summed E-state index contributed by atoms with van der Waals surface area (Å²) in [6, 6.07) is 5.33. The van der Waals surface area contributed by atoms with Gasteiger partial charge < -0.3 is 15.2 Å². The molecule has 112 valence electrons. The lowest BCUT2D eigenvalue weighted by Crippen LogP contribution is -2.16. The van der Waals surface area contributed by atoms with E-state index in [2.05, 4.69) is 0 Å². The van der Waals surface area contributed by atoms with Gasteiger partial charge in [0.25, 0.3) is 0 Å². The number of carbonyl (C=O) groups excluding carboxylic acids is 1. The van der Waals surface area contributed by atoms with Gasteiger partial charge in [-0.2, -0.15) is 5.26 Å². The molecule has 1 aliphatic rings. The van der Waals surface area contributed by atoms with Crippen LogP contribution >= 0.6 is 0 Å². The number of nitrogen functional groups attached to an aromatic ring is 1. The van der Waals surface area contributed by atoms with Gasteiger partial charge in [0.05, 0.1) is 12.3 Å². The molecule has 0 amide bonds. The summed E-state index contributed by atoms with van der Waals surface area (Å²) in [4.78, 5) is 12.4. The first-order valence-electron chi connectivity index (χ1n) is 7.23. The largest absolute Gasteiger partial charge is 0.489 e. The van der Waals surface area contributed by atoms with Gasteiger partial charge in [-0.1, -0.05) is 13.8 Å². The van der Waals surface area contributed by atoms with Gasteiger partial charge in [-0.05, 0) is 25.0 Å². The number of benzene rings is 1. The van der Waals surface area contributed by atoms with Crippen LogP contribution in [-0.2, 0) is 4.74 Å². The predicted octanol–water partition coefficient (Wildman–Crippen LogP) is 2.54. The van der Waals surface area contributed by atoms with Crippen LogP contribution in [0.4, 0.5) is 5.69 Å². The first-order chi connectivity index (χ1) is 10.1. The molecule has 2 rings (SSSR count). The lowest BCUT2D eigenvalue weighted by Gasteiger charge is -2.15. The molecule has 5 heteroatoms. The van der Waals surface area contributed by atoms with Crippen molar-refractivity contribution in [2.24, 2.45) is 5.92 Å². The van der Waals surface area contributed by atoms with Gasteiger partial charge in [0.15, 0.2) is 5.78 Å². The molecule has 1 aromatic carbocycles. The number of nitrogens with zero attached hydrogens (tertiary/aromatic N) is 1. The normalized spacial score (nSPS) is 16.6. The van der Waals surface area contributed by atoms with Crippen molar-refractivity contribution in [1.82, 2.24) is 0 Å². The molecule has 5 nitrogen and oxygen atoms in total. The van der Waals surface area contributed by atoms with Gasteiger partial charge in [0.2, 0.25) is 0 Å². The second-order valence-electron chi connectivity index (χ2n) is 5.16. The van der Waals surface area contributed by atoms with E-state index in [0.717, 1.165) is 12.8 Å². The van der Waals surface area contributed by atoms with Crippen molar-refractivity contribution in [2.75, 3.05) is 18.9 Å². The Hall–Kier alpha value is -2.06. The Morgan fingerprint density at radius 3 is 2.71 bits per heavy atom. The lowest BCUT2D eigenvalue weighted by molar-refractivity contribution is 0.0914. The summed E-state index contributed by atoms with van der Waals surface area (Å²) >= 11 is 0. The van der Waals surface area contributed by atoms with Crippen molar-refractivity contribution in [1.29, 1.82) is 5.26 Å². The summed E-state index contributed by atoms with van der Waals surface area (Å²) in [5.41, 5.74) is 6.86. The summed E-state index contributed by atoms with van der Waals surface area (Å²) in [5.74, 6) is 0.336. The van der Waals surface area contributed by atoms with Gasteiger partial charge in [0, 0.05) is 11.5 Å². The first kappa shape index (κ1) is 15.3. The number of Topliss-reactive ketones (excluding diaryl/α,β-unsaturated/α-hetero) is 1. The second-order valence-corrected chi connectivity index (χ2v) is 5.16. The van der Waals surface area contributed by atoms with Crippen LogP contribution in [0, 0.1) is 17.2 Å². The maximum Gasteiger partial charge on any atom is 0.168 e. The van der Waals surface area contributed by atoms with Gasteiger partial charge >= 0.3 is 0 Å². The molecular weight excluding hydrogens is 268 g/mol. The van der Waals surface area contributed by atoms with E-state index < -0.39 is 0 Å². The van der Waals surface area contributed by atoms with Gasteiger partial charge in [0.1, 0.15) is 30.1 Å². The van der Waals surface area contributed by atoms with Crippen LogP contribution in [-0.4, -0.2) is 25.1 Å². The van der Waals surface area contributed by atoms with E-state index in [1.807, 2.05) is 19.9 Å².